The summed E-state index contributed by atoms with van der Waals surface area (Å²) in [6.45, 7) is 2.82. The average molecular weight is 430 g/mol. The van der Waals surface area contributed by atoms with E-state index >= 15 is 0 Å². The third-order valence-corrected chi connectivity index (χ3v) is 4.72. The summed E-state index contributed by atoms with van der Waals surface area (Å²) in [7, 11) is 0. The highest BCUT2D eigenvalue weighted by Crippen LogP contribution is 2.23. The van der Waals surface area contributed by atoms with Gasteiger partial charge in [0.05, 0.1) is 19.0 Å². The summed E-state index contributed by atoms with van der Waals surface area (Å²) in [4.78, 5) is 8.75. The van der Waals surface area contributed by atoms with Crippen molar-refractivity contribution in [2.24, 2.45) is 0 Å². The van der Waals surface area contributed by atoms with E-state index in [-0.39, 0.29) is 5.75 Å². The van der Waals surface area contributed by atoms with Crippen LogP contribution in [0.15, 0.2) is 60.9 Å². The molecule has 1 heterocycles. The van der Waals surface area contributed by atoms with Crippen LogP contribution in [-0.2, 0) is 12.8 Å². The fourth-order valence-electron chi connectivity index (χ4n) is 3.05. The number of halogens is 3. The Balaban J connectivity index is 1.51. The molecule has 7 heteroatoms. The Bertz CT molecular complexity index is 925. The Morgan fingerprint density at radius 3 is 1.90 bits per heavy atom. The van der Waals surface area contributed by atoms with Gasteiger partial charge in [-0.1, -0.05) is 56.2 Å². The van der Waals surface area contributed by atoms with E-state index in [1.165, 1.54) is 12.1 Å². The van der Waals surface area contributed by atoms with E-state index in [0.29, 0.717) is 24.6 Å². The highest BCUT2D eigenvalue weighted by Gasteiger charge is 2.30. The molecule has 0 saturated carbocycles. The molecule has 2 aromatic carbocycles. The van der Waals surface area contributed by atoms with E-state index in [4.69, 9.17) is 4.74 Å². The van der Waals surface area contributed by atoms with Gasteiger partial charge in [0.25, 0.3) is 0 Å². The van der Waals surface area contributed by atoms with Crippen molar-refractivity contribution in [1.29, 1.82) is 0 Å². The summed E-state index contributed by atoms with van der Waals surface area (Å²) >= 11 is 0. The van der Waals surface area contributed by atoms with Gasteiger partial charge in [0.1, 0.15) is 5.75 Å². The van der Waals surface area contributed by atoms with Crippen LogP contribution < -0.4 is 9.47 Å². The van der Waals surface area contributed by atoms with Crippen LogP contribution in [0.1, 0.15) is 37.3 Å². The Morgan fingerprint density at radius 1 is 0.774 bits per heavy atom. The van der Waals surface area contributed by atoms with Crippen LogP contribution in [0, 0.1) is 0 Å². The Kier molecular flexibility index (Phi) is 7.87. The van der Waals surface area contributed by atoms with Crippen molar-refractivity contribution in [3.8, 4) is 22.9 Å². The molecule has 0 bridgehead atoms. The van der Waals surface area contributed by atoms with Crippen molar-refractivity contribution in [2.75, 3.05) is 6.61 Å². The maximum Gasteiger partial charge on any atom is 0.573 e. The molecule has 164 valence electrons. The van der Waals surface area contributed by atoms with Gasteiger partial charge in [-0.15, -0.1) is 13.2 Å². The van der Waals surface area contributed by atoms with Gasteiger partial charge in [-0.2, -0.15) is 0 Å². The third kappa shape index (κ3) is 7.59. The molecule has 31 heavy (non-hydrogen) atoms. The van der Waals surface area contributed by atoms with Gasteiger partial charge in [0.2, 0.25) is 0 Å². The molecular formula is C24H25F3N2O2. The zero-order valence-electron chi connectivity index (χ0n) is 17.4. The van der Waals surface area contributed by atoms with Crippen molar-refractivity contribution >= 4 is 0 Å². The normalized spacial score (nSPS) is 11.4. The quantitative estimate of drug-likeness (QED) is 0.349. The van der Waals surface area contributed by atoms with Crippen LogP contribution >= 0.6 is 0 Å². The molecule has 0 aliphatic carbocycles. The second-order valence-electron chi connectivity index (χ2n) is 7.19. The molecular weight excluding hydrogens is 405 g/mol. The molecule has 1 aromatic heterocycles. The Morgan fingerprint density at radius 2 is 1.35 bits per heavy atom. The molecule has 0 N–H and O–H groups in total. The summed E-state index contributed by atoms with van der Waals surface area (Å²) in [5.74, 6) is 1.09. The first-order chi connectivity index (χ1) is 14.9. The number of hydrogen-bond acceptors (Lipinski definition) is 4. The first-order valence-electron chi connectivity index (χ1n) is 10.3. The minimum Gasteiger partial charge on any atom is -0.490 e. The van der Waals surface area contributed by atoms with Gasteiger partial charge >= 0.3 is 6.36 Å². The highest BCUT2D eigenvalue weighted by atomic mass is 19.4. The number of hydrogen-bond donors (Lipinski definition) is 0. The minimum absolute atomic E-state index is 0.210. The molecule has 0 radical (unpaired) electrons. The maximum atomic E-state index is 12.2. The Hall–Kier alpha value is -3.09. The van der Waals surface area contributed by atoms with Crippen LogP contribution in [0.2, 0.25) is 0 Å². The molecule has 0 spiro atoms. The number of aryl methyl sites for hydroxylation is 2. The lowest BCUT2D eigenvalue weighted by Crippen LogP contribution is -2.17. The van der Waals surface area contributed by atoms with Crippen molar-refractivity contribution in [1.82, 2.24) is 9.97 Å². The molecule has 4 nitrogen and oxygen atoms in total. The zero-order chi connectivity index (χ0) is 22.1. The predicted molar refractivity (Wildman–Crippen MR) is 113 cm³/mol. The maximum absolute atomic E-state index is 12.2. The third-order valence-electron chi connectivity index (χ3n) is 4.72. The fourth-order valence-corrected chi connectivity index (χ4v) is 3.05. The number of rotatable bonds is 10. The molecule has 0 fully saturated rings. The average Bonchev–Trinajstić information content (AvgIpc) is 2.76. The van der Waals surface area contributed by atoms with Gasteiger partial charge in [0, 0.05) is 5.56 Å². The number of benzene rings is 2. The number of unbranched alkanes of at least 4 members (excludes halogenated alkanes) is 2. The molecule has 3 aromatic rings. The Labute approximate surface area is 180 Å². The van der Waals surface area contributed by atoms with E-state index in [0.717, 1.165) is 42.4 Å². The molecule has 0 unspecified atom stereocenters. The van der Waals surface area contributed by atoms with Crippen LogP contribution in [0.25, 0.3) is 11.4 Å². The summed E-state index contributed by atoms with van der Waals surface area (Å²) in [6.07, 6.45) is 3.50. The van der Waals surface area contributed by atoms with Crippen LogP contribution in [0.4, 0.5) is 13.2 Å². The van der Waals surface area contributed by atoms with Gasteiger partial charge in [0.15, 0.2) is 11.6 Å². The van der Waals surface area contributed by atoms with Crippen molar-refractivity contribution < 1.29 is 22.6 Å². The molecule has 0 aliphatic heterocycles. The zero-order valence-corrected chi connectivity index (χ0v) is 17.4. The van der Waals surface area contributed by atoms with Gasteiger partial charge in [-0.05, 0) is 42.5 Å². The number of aromatic nitrogens is 2. The van der Waals surface area contributed by atoms with Crippen molar-refractivity contribution in [2.45, 2.75) is 45.4 Å². The largest absolute Gasteiger partial charge is 0.573 e. The second kappa shape index (κ2) is 10.8. The number of ether oxygens (including phenoxy) is 2. The van der Waals surface area contributed by atoms with Crippen LogP contribution in [0.3, 0.4) is 0 Å². The van der Waals surface area contributed by atoms with E-state index in [1.54, 1.807) is 24.5 Å². The lowest BCUT2D eigenvalue weighted by atomic mass is 10.0. The van der Waals surface area contributed by atoms with E-state index in [9.17, 15) is 13.2 Å². The van der Waals surface area contributed by atoms with E-state index < -0.39 is 6.36 Å². The summed E-state index contributed by atoms with van der Waals surface area (Å²) in [6, 6.07) is 13.9. The molecule has 0 aliphatic rings. The first kappa shape index (κ1) is 22.6. The predicted octanol–water partition coefficient (Wildman–Crippen LogP) is 6.40. The number of nitrogens with zero attached hydrogens (tertiary/aromatic N) is 2. The van der Waals surface area contributed by atoms with Crippen LogP contribution in [-0.4, -0.2) is 22.9 Å². The monoisotopic (exact) mass is 430 g/mol. The summed E-state index contributed by atoms with van der Waals surface area (Å²) in [5.41, 5.74) is 2.97. The molecule has 3 rings (SSSR count). The molecule has 0 atom stereocenters. The fraction of sp³-hybridized carbons (Fsp3) is 0.333. The van der Waals surface area contributed by atoms with Gasteiger partial charge in [-0.25, -0.2) is 9.97 Å². The topological polar surface area (TPSA) is 44.2 Å². The lowest BCUT2D eigenvalue weighted by Gasteiger charge is -2.09. The lowest BCUT2D eigenvalue weighted by molar-refractivity contribution is -0.274. The van der Waals surface area contributed by atoms with E-state index in [2.05, 4.69) is 21.6 Å². The number of alkyl halides is 3. The second-order valence-corrected chi connectivity index (χ2v) is 7.19. The van der Waals surface area contributed by atoms with E-state index in [1.807, 2.05) is 24.3 Å². The summed E-state index contributed by atoms with van der Waals surface area (Å²) < 4.78 is 46.2. The van der Waals surface area contributed by atoms with Crippen molar-refractivity contribution in [3.63, 3.8) is 0 Å². The highest BCUT2D eigenvalue weighted by molar-refractivity contribution is 5.55. The summed E-state index contributed by atoms with van der Waals surface area (Å²) in [5, 5.41) is 0. The van der Waals surface area contributed by atoms with Crippen LogP contribution in [0.5, 0.6) is 11.5 Å². The van der Waals surface area contributed by atoms with Crippen molar-refractivity contribution in [3.05, 3.63) is 72.1 Å². The van der Waals surface area contributed by atoms with Gasteiger partial charge in [-0.3, -0.25) is 0 Å². The molecule has 0 amide bonds. The smallest absolute Gasteiger partial charge is 0.490 e. The minimum atomic E-state index is -4.67. The molecule has 0 saturated heterocycles. The van der Waals surface area contributed by atoms with Gasteiger partial charge < -0.3 is 9.47 Å². The first-order valence-corrected chi connectivity index (χ1v) is 10.3. The standard InChI is InChI=1S/C24H25F3N2O2/c1-2-3-4-15-30-22-16-28-23(29-17-22)20-11-7-18(8-12-20)5-6-19-9-13-21(14-10-19)31-24(25,26)27/h7-14,16-17H,2-6,15H2,1H3. The SMILES string of the molecule is CCCCCOc1cnc(-c2ccc(CCc3ccc(OC(F)(F)F)cc3)cc2)nc1.